The Hall–Kier alpha value is -2.12. The fourth-order valence-electron chi connectivity index (χ4n) is 1.66. The van der Waals surface area contributed by atoms with E-state index in [1.807, 2.05) is 12.1 Å². The quantitative estimate of drug-likeness (QED) is 0.808. The second-order valence-electron chi connectivity index (χ2n) is 3.88. The van der Waals surface area contributed by atoms with E-state index in [9.17, 15) is 4.79 Å². The smallest absolute Gasteiger partial charge is 0.153 e. The molecule has 2 aromatic carbocycles. The highest BCUT2D eigenvalue weighted by Gasteiger charge is 2.07. The number of para-hydroxylation sites is 1. The molecule has 0 amide bonds. The number of halogens is 1. The van der Waals surface area contributed by atoms with Gasteiger partial charge in [-0.3, -0.25) is 4.79 Å². The van der Waals surface area contributed by atoms with Gasteiger partial charge in [0.15, 0.2) is 6.29 Å². The van der Waals surface area contributed by atoms with Crippen LogP contribution >= 0.6 is 15.9 Å². The Morgan fingerprint density at radius 3 is 2.79 bits per heavy atom. The topological polar surface area (TPSA) is 50.1 Å². The molecule has 0 aliphatic heterocycles. The third kappa shape index (κ3) is 3.21. The first-order chi connectivity index (χ1) is 9.24. The Bertz CT molecular complexity index is 647. The van der Waals surface area contributed by atoms with Gasteiger partial charge in [-0.15, -0.1) is 0 Å². The number of nitriles is 1. The fraction of sp³-hybridized carbons (Fsp3) is 0.0667. The van der Waals surface area contributed by atoms with E-state index in [4.69, 9.17) is 10.00 Å². The van der Waals surface area contributed by atoms with Gasteiger partial charge in [0, 0.05) is 0 Å². The van der Waals surface area contributed by atoms with Crippen molar-refractivity contribution < 1.29 is 9.53 Å². The fourth-order valence-corrected chi connectivity index (χ4v) is 2.15. The van der Waals surface area contributed by atoms with Crippen LogP contribution in [0.5, 0.6) is 5.75 Å². The summed E-state index contributed by atoms with van der Waals surface area (Å²) in [7, 11) is 0. The molecule has 0 N–H and O–H groups in total. The van der Waals surface area contributed by atoms with Crippen molar-refractivity contribution in [2.24, 2.45) is 0 Å². The Morgan fingerprint density at radius 1 is 1.26 bits per heavy atom. The molecule has 3 nitrogen and oxygen atoms in total. The van der Waals surface area contributed by atoms with Crippen LogP contribution in [0, 0.1) is 11.3 Å². The van der Waals surface area contributed by atoms with E-state index in [0.717, 1.165) is 16.3 Å². The van der Waals surface area contributed by atoms with Gasteiger partial charge in [0.05, 0.1) is 21.7 Å². The van der Waals surface area contributed by atoms with E-state index < -0.39 is 0 Å². The lowest BCUT2D eigenvalue weighted by molar-refractivity contribution is 0.111. The molecular formula is C15H10BrNO2. The Balaban J connectivity index is 2.19. The van der Waals surface area contributed by atoms with Gasteiger partial charge in [0.1, 0.15) is 12.4 Å². The maximum Gasteiger partial charge on any atom is 0.153 e. The third-order valence-electron chi connectivity index (χ3n) is 2.56. The van der Waals surface area contributed by atoms with Crippen molar-refractivity contribution in [3.63, 3.8) is 0 Å². The Morgan fingerprint density at radius 2 is 2.05 bits per heavy atom. The lowest BCUT2D eigenvalue weighted by atomic mass is 10.1. The monoisotopic (exact) mass is 315 g/mol. The maximum absolute atomic E-state index is 10.9. The summed E-state index contributed by atoms with van der Waals surface area (Å²) in [5, 5.41) is 8.83. The molecular weight excluding hydrogens is 306 g/mol. The Labute approximate surface area is 119 Å². The average molecular weight is 316 g/mol. The van der Waals surface area contributed by atoms with Crippen molar-refractivity contribution in [1.29, 1.82) is 5.26 Å². The van der Waals surface area contributed by atoms with Crippen molar-refractivity contribution in [3.8, 4) is 11.8 Å². The number of hydrogen-bond acceptors (Lipinski definition) is 3. The minimum atomic E-state index is 0.305. The third-order valence-corrected chi connectivity index (χ3v) is 3.19. The largest absolute Gasteiger partial charge is 0.487 e. The van der Waals surface area contributed by atoms with Crippen LogP contribution in [0.2, 0.25) is 0 Å². The minimum Gasteiger partial charge on any atom is -0.487 e. The number of nitrogens with zero attached hydrogens (tertiary/aromatic N) is 1. The molecule has 0 fully saturated rings. The van der Waals surface area contributed by atoms with Gasteiger partial charge in [-0.25, -0.2) is 0 Å². The van der Waals surface area contributed by atoms with E-state index >= 15 is 0 Å². The SMILES string of the molecule is N#Cc1cccc(COc2c(Br)cccc2C=O)c1. The van der Waals surface area contributed by atoms with Crippen LogP contribution in [0.4, 0.5) is 0 Å². The van der Waals surface area contributed by atoms with Crippen molar-refractivity contribution in [2.45, 2.75) is 6.61 Å². The number of carbonyl (C=O) groups is 1. The second-order valence-corrected chi connectivity index (χ2v) is 4.73. The first kappa shape index (κ1) is 13.3. The second kappa shape index (κ2) is 6.17. The number of benzene rings is 2. The number of hydrogen-bond donors (Lipinski definition) is 0. The zero-order valence-electron chi connectivity index (χ0n) is 9.97. The standard InChI is InChI=1S/C15H10BrNO2/c16-14-6-2-5-13(9-18)15(14)19-10-12-4-1-3-11(7-12)8-17/h1-7,9H,10H2. The summed E-state index contributed by atoms with van der Waals surface area (Å²) in [4.78, 5) is 10.9. The van der Waals surface area contributed by atoms with Gasteiger partial charge in [-0.1, -0.05) is 18.2 Å². The predicted molar refractivity (Wildman–Crippen MR) is 75.0 cm³/mol. The molecule has 0 radical (unpaired) electrons. The molecule has 0 aliphatic carbocycles. The molecule has 0 heterocycles. The molecule has 0 aromatic heterocycles. The van der Waals surface area contributed by atoms with Crippen LogP contribution in [0.1, 0.15) is 21.5 Å². The Kier molecular flexibility index (Phi) is 4.32. The molecule has 0 spiro atoms. The van der Waals surface area contributed by atoms with Gasteiger partial charge < -0.3 is 4.74 Å². The molecule has 0 aliphatic rings. The van der Waals surface area contributed by atoms with Gasteiger partial charge in [-0.2, -0.15) is 5.26 Å². The summed E-state index contributed by atoms with van der Waals surface area (Å²) in [6.07, 6.45) is 0.756. The van der Waals surface area contributed by atoms with Crippen molar-refractivity contribution >= 4 is 22.2 Å². The molecule has 94 valence electrons. The molecule has 0 saturated carbocycles. The van der Waals surface area contributed by atoms with Crippen LogP contribution in [0.3, 0.4) is 0 Å². The van der Waals surface area contributed by atoms with Crippen molar-refractivity contribution in [1.82, 2.24) is 0 Å². The summed E-state index contributed by atoms with van der Waals surface area (Å²) in [5.41, 5.74) is 1.96. The van der Waals surface area contributed by atoms with Gasteiger partial charge in [-0.05, 0) is 45.8 Å². The first-order valence-electron chi connectivity index (χ1n) is 5.60. The van der Waals surface area contributed by atoms with Crippen LogP contribution in [-0.4, -0.2) is 6.29 Å². The first-order valence-corrected chi connectivity index (χ1v) is 6.39. The van der Waals surface area contributed by atoms with Gasteiger partial charge >= 0.3 is 0 Å². The van der Waals surface area contributed by atoms with Crippen LogP contribution in [-0.2, 0) is 6.61 Å². The number of ether oxygens (including phenoxy) is 1. The minimum absolute atomic E-state index is 0.305. The van der Waals surface area contributed by atoms with Crippen molar-refractivity contribution in [2.75, 3.05) is 0 Å². The summed E-state index contributed by atoms with van der Waals surface area (Å²) < 4.78 is 6.39. The van der Waals surface area contributed by atoms with E-state index in [0.29, 0.717) is 23.5 Å². The lowest BCUT2D eigenvalue weighted by Gasteiger charge is -2.10. The molecule has 4 heteroatoms. The molecule has 0 unspecified atom stereocenters. The normalized spacial score (nSPS) is 9.68. The van der Waals surface area contributed by atoms with Crippen molar-refractivity contribution in [3.05, 3.63) is 63.6 Å². The highest BCUT2D eigenvalue weighted by molar-refractivity contribution is 9.10. The summed E-state index contributed by atoms with van der Waals surface area (Å²) >= 11 is 3.35. The highest BCUT2D eigenvalue weighted by Crippen LogP contribution is 2.28. The zero-order chi connectivity index (χ0) is 13.7. The molecule has 2 rings (SSSR count). The van der Waals surface area contributed by atoms with Gasteiger partial charge in [0.2, 0.25) is 0 Å². The van der Waals surface area contributed by atoms with Crippen LogP contribution < -0.4 is 4.74 Å². The van der Waals surface area contributed by atoms with Crippen LogP contribution in [0.15, 0.2) is 46.9 Å². The van der Waals surface area contributed by atoms with E-state index in [2.05, 4.69) is 22.0 Å². The highest BCUT2D eigenvalue weighted by atomic mass is 79.9. The van der Waals surface area contributed by atoms with Crippen LogP contribution in [0.25, 0.3) is 0 Å². The van der Waals surface area contributed by atoms with E-state index in [1.165, 1.54) is 0 Å². The molecule has 0 atom stereocenters. The number of carbonyl (C=O) groups excluding carboxylic acids is 1. The summed E-state index contributed by atoms with van der Waals surface area (Å²) in [5.74, 6) is 0.514. The van der Waals surface area contributed by atoms with E-state index in [1.54, 1.807) is 30.3 Å². The molecule has 0 saturated heterocycles. The van der Waals surface area contributed by atoms with Gasteiger partial charge in [0.25, 0.3) is 0 Å². The maximum atomic E-state index is 10.9. The molecule has 19 heavy (non-hydrogen) atoms. The van der Waals surface area contributed by atoms with E-state index in [-0.39, 0.29) is 0 Å². The summed E-state index contributed by atoms with van der Waals surface area (Å²) in [6, 6.07) is 14.5. The lowest BCUT2D eigenvalue weighted by Crippen LogP contribution is -1.99. The molecule has 0 bridgehead atoms. The number of rotatable bonds is 4. The average Bonchev–Trinajstić information content (AvgIpc) is 2.46. The zero-order valence-corrected chi connectivity index (χ0v) is 11.6. The molecule has 2 aromatic rings. The number of aldehydes is 1. The predicted octanol–water partition coefficient (Wildman–Crippen LogP) is 3.71. The summed E-state index contributed by atoms with van der Waals surface area (Å²) in [6.45, 7) is 0.305.